The third-order valence-corrected chi connectivity index (χ3v) is 4.08. The van der Waals surface area contributed by atoms with Crippen molar-refractivity contribution in [2.75, 3.05) is 12.4 Å². The lowest BCUT2D eigenvalue weighted by Crippen LogP contribution is -2.46. The van der Waals surface area contributed by atoms with Crippen molar-refractivity contribution >= 4 is 29.6 Å². The van der Waals surface area contributed by atoms with Crippen LogP contribution in [0.4, 0.5) is 10.5 Å². The number of methoxy groups -OCH3 is 1. The van der Waals surface area contributed by atoms with Gasteiger partial charge in [-0.1, -0.05) is 6.08 Å². The van der Waals surface area contributed by atoms with E-state index in [4.69, 9.17) is 9.47 Å². The van der Waals surface area contributed by atoms with E-state index in [1.165, 1.54) is 37.6 Å². The average Bonchev–Trinajstić information content (AvgIpc) is 2.70. The Hall–Kier alpha value is -3.63. The molecule has 35 heavy (non-hydrogen) atoms. The molecule has 0 aliphatic rings. The molecule has 11 nitrogen and oxygen atoms in total. The van der Waals surface area contributed by atoms with E-state index in [0.29, 0.717) is 0 Å². The monoisotopic (exact) mass is 493 g/mol. The minimum Gasteiger partial charge on any atom is -0.466 e. The molecule has 0 aromatic carbocycles. The van der Waals surface area contributed by atoms with E-state index in [2.05, 4.69) is 15.4 Å². The number of anilines is 1. The standard InChI is InChI=1S/C24H35N3O8/c1-23(2,3)34-19(29)15-27-14-10-12-17(21(27)31)25-20(30)16(11-8-9-13-18(28)33-7)26-22(32)35-24(4,5)6/h9-10,12-14,16H,8,11,15H2,1-7H3,(H,25,30)(H,26,32)/b13-9+/t16-/m0/s1. The van der Waals surface area contributed by atoms with Crippen molar-refractivity contribution in [3.63, 3.8) is 0 Å². The molecular weight excluding hydrogens is 458 g/mol. The molecular formula is C24H35N3O8. The molecule has 0 unspecified atom stereocenters. The fraction of sp³-hybridized carbons (Fsp3) is 0.542. The SMILES string of the molecule is COC(=O)/C=C/CC[C@H](NC(=O)OC(C)(C)C)C(=O)Nc1cccn(CC(=O)OC(C)(C)C)c1=O. The molecule has 0 fully saturated rings. The number of aromatic nitrogens is 1. The molecule has 194 valence electrons. The Kier molecular flexibility index (Phi) is 10.7. The molecule has 2 amide bonds. The zero-order valence-electron chi connectivity index (χ0n) is 21.3. The molecule has 0 aliphatic carbocycles. The highest BCUT2D eigenvalue weighted by Gasteiger charge is 2.25. The summed E-state index contributed by atoms with van der Waals surface area (Å²) < 4.78 is 16.1. The summed E-state index contributed by atoms with van der Waals surface area (Å²) in [5.41, 5.74) is -2.20. The second-order valence-corrected chi connectivity index (χ2v) is 9.63. The number of carbonyl (C=O) groups is 4. The van der Waals surface area contributed by atoms with Gasteiger partial charge < -0.3 is 29.4 Å². The predicted molar refractivity (Wildman–Crippen MR) is 129 cm³/mol. The van der Waals surface area contributed by atoms with Crippen LogP contribution in [0.25, 0.3) is 0 Å². The van der Waals surface area contributed by atoms with Crippen molar-refractivity contribution < 1.29 is 33.4 Å². The van der Waals surface area contributed by atoms with E-state index in [9.17, 15) is 24.0 Å². The maximum absolute atomic E-state index is 12.9. The largest absolute Gasteiger partial charge is 0.466 e. The van der Waals surface area contributed by atoms with E-state index < -0.39 is 46.7 Å². The van der Waals surface area contributed by atoms with Crippen LogP contribution in [0.5, 0.6) is 0 Å². The lowest BCUT2D eigenvalue weighted by molar-refractivity contribution is -0.155. The number of esters is 2. The first kappa shape index (κ1) is 29.4. The zero-order valence-corrected chi connectivity index (χ0v) is 21.3. The third-order valence-electron chi connectivity index (χ3n) is 4.08. The van der Waals surface area contributed by atoms with E-state index in [1.54, 1.807) is 41.5 Å². The van der Waals surface area contributed by atoms with Crippen LogP contribution in [0, 0.1) is 0 Å². The molecule has 0 saturated carbocycles. The van der Waals surface area contributed by atoms with Gasteiger partial charge in [0.05, 0.1) is 7.11 Å². The fourth-order valence-corrected chi connectivity index (χ4v) is 2.72. The van der Waals surface area contributed by atoms with Gasteiger partial charge in [-0.3, -0.25) is 14.4 Å². The zero-order chi connectivity index (χ0) is 26.8. The molecule has 1 atom stereocenters. The summed E-state index contributed by atoms with van der Waals surface area (Å²) in [4.78, 5) is 61.3. The molecule has 2 N–H and O–H groups in total. The van der Waals surface area contributed by atoms with Crippen molar-refractivity contribution in [1.29, 1.82) is 0 Å². The van der Waals surface area contributed by atoms with Gasteiger partial charge in [-0.15, -0.1) is 0 Å². The van der Waals surface area contributed by atoms with Crippen LogP contribution in [0.15, 0.2) is 35.3 Å². The Morgan fingerprint density at radius 3 is 2.26 bits per heavy atom. The second-order valence-electron chi connectivity index (χ2n) is 9.63. The minimum absolute atomic E-state index is 0.0813. The van der Waals surface area contributed by atoms with E-state index in [0.717, 1.165) is 4.57 Å². The summed E-state index contributed by atoms with van der Waals surface area (Å²) in [6.45, 7) is 9.83. The van der Waals surface area contributed by atoms with Crippen LogP contribution in [0.2, 0.25) is 0 Å². The van der Waals surface area contributed by atoms with Crippen molar-refractivity contribution in [2.45, 2.75) is 78.2 Å². The van der Waals surface area contributed by atoms with Crippen LogP contribution >= 0.6 is 0 Å². The molecule has 1 aromatic rings. The number of hydrogen-bond acceptors (Lipinski definition) is 8. The average molecular weight is 494 g/mol. The number of nitrogens with one attached hydrogen (secondary N) is 2. The van der Waals surface area contributed by atoms with Crippen LogP contribution < -0.4 is 16.2 Å². The Balaban J connectivity index is 3.01. The molecule has 0 radical (unpaired) electrons. The summed E-state index contributed by atoms with van der Waals surface area (Å²) in [6, 6.07) is 1.80. The molecule has 1 heterocycles. The molecule has 1 aromatic heterocycles. The summed E-state index contributed by atoms with van der Waals surface area (Å²) in [5, 5.41) is 4.97. The number of nitrogens with zero attached hydrogens (tertiary/aromatic N) is 1. The number of ether oxygens (including phenoxy) is 3. The summed E-state index contributed by atoms with van der Waals surface area (Å²) in [7, 11) is 1.24. The molecule has 1 rings (SSSR count). The van der Waals surface area contributed by atoms with Crippen LogP contribution in [0.1, 0.15) is 54.4 Å². The summed E-state index contributed by atoms with van der Waals surface area (Å²) in [6.07, 6.45) is 3.65. The van der Waals surface area contributed by atoms with Crippen LogP contribution in [-0.2, 0) is 35.1 Å². The third kappa shape index (κ3) is 11.9. The van der Waals surface area contributed by atoms with E-state index in [1.807, 2.05) is 0 Å². The highest BCUT2D eigenvalue weighted by molar-refractivity contribution is 5.96. The molecule has 0 aliphatic heterocycles. The van der Waals surface area contributed by atoms with Gasteiger partial charge in [0.2, 0.25) is 5.91 Å². The number of allylic oxidation sites excluding steroid dienone is 1. The number of rotatable bonds is 9. The Morgan fingerprint density at radius 1 is 1.06 bits per heavy atom. The van der Waals surface area contributed by atoms with Gasteiger partial charge in [0.1, 0.15) is 29.5 Å². The van der Waals surface area contributed by atoms with E-state index in [-0.39, 0.29) is 25.1 Å². The van der Waals surface area contributed by atoms with Gasteiger partial charge in [0.15, 0.2) is 0 Å². The number of hydrogen-bond donors (Lipinski definition) is 2. The lowest BCUT2D eigenvalue weighted by Gasteiger charge is -2.23. The predicted octanol–water partition coefficient (Wildman–Crippen LogP) is 2.53. The normalized spacial score (nSPS) is 12.5. The summed E-state index contributed by atoms with van der Waals surface area (Å²) in [5.74, 6) is -1.83. The smallest absolute Gasteiger partial charge is 0.408 e. The number of carbonyl (C=O) groups excluding carboxylic acids is 4. The lowest BCUT2D eigenvalue weighted by atomic mass is 10.1. The van der Waals surface area contributed by atoms with Gasteiger partial charge in [0.25, 0.3) is 5.56 Å². The van der Waals surface area contributed by atoms with Gasteiger partial charge in [-0.25, -0.2) is 9.59 Å². The number of alkyl carbamates (subject to hydrolysis) is 1. The second kappa shape index (κ2) is 12.7. The van der Waals surface area contributed by atoms with Crippen molar-refractivity contribution in [2.24, 2.45) is 0 Å². The number of pyridine rings is 1. The Morgan fingerprint density at radius 2 is 1.69 bits per heavy atom. The quantitative estimate of drug-likeness (QED) is 0.304. The van der Waals surface area contributed by atoms with Crippen LogP contribution in [0.3, 0.4) is 0 Å². The summed E-state index contributed by atoms with van der Waals surface area (Å²) >= 11 is 0. The van der Waals surface area contributed by atoms with Gasteiger partial charge in [-0.2, -0.15) is 0 Å². The highest BCUT2D eigenvalue weighted by atomic mass is 16.6. The van der Waals surface area contributed by atoms with Gasteiger partial charge >= 0.3 is 18.0 Å². The van der Waals surface area contributed by atoms with Crippen molar-refractivity contribution in [3.8, 4) is 0 Å². The topological polar surface area (TPSA) is 142 Å². The maximum Gasteiger partial charge on any atom is 0.408 e. The first-order valence-electron chi connectivity index (χ1n) is 11.1. The van der Waals surface area contributed by atoms with Gasteiger partial charge in [0, 0.05) is 12.3 Å². The van der Waals surface area contributed by atoms with E-state index >= 15 is 0 Å². The highest BCUT2D eigenvalue weighted by Crippen LogP contribution is 2.10. The Labute approximate surface area is 204 Å². The minimum atomic E-state index is -1.08. The fourth-order valence-electron chi connectivity index (χ4n) is 2.72. The van der Waals surface area contributed by atoms with Crippen molar-refractivity contribution in [1.82, 2.24) is 9.88 Å². The molecule has 11 heteroatoms. The molecule has 0 bridgehead atoms. The van der Waals surface area contributed by atoms with Crippen molar-refractivity contribution in [3.05, 3.63) is 40.8 Å². The van der Waals surface area contributed by atoms with Gasteiger partial charge in [-0.05, 0) is 66.5 Å². The molecule has 0 saturated heterocycles. The van der Waals surface area contributed by atoms with Crippen LogP contribution in [-0.4, -0.2) is 52.9 Å². The maximum atomic E-state index is 12.9. The Bertz CT molecular complexity index is 999. The molecule has 0 spiro atoms. The first-order valence-corrected chi connectivity index (χ1v) is 11.1. The first-order chi connectivity index (χ1) is 16.1. The number of amides is 2.